The molecule has 1 fully saturated rings. The predicted octanol–water partition coefficient (Wildman–Crippen LogP) is 3.40. The molecule has 1 aliphatic heterocycles. The van der Waals surface area contributed by atoms with Crippen LogP contribution >= 0.6 is 0 Å². The SMILES string of the molecule is O=C(COc1ccc(F)cc1)Nc1cccc(OCC2CCCO2)c1. The van der Waals surface area contributed by atoms with E-state index < -0.39 is 0 Å². The number of hydrogen-bond donors (Lipinski definition) is 1. The Morgan fingerprint density at radius 2 is 2.00 bits per heavy atom. The van der Waals surface area contributed by atoms with E-state index in [4.69, 9.17) is 14.2 Å². The topological polar surface area (TPSA) is 56.8 Å². The van der Waals surface area contributed by atoms with Crippen molar-refractivity contribution in [2.24, 2.45) is 0 Å². The Morgan fingerprint density at radius 1 is 1.16 bits per heavy atom. The van der Waals surface area contributed by atoms with Crippen molar-refractivity contribution in [3.8, 4) is 11.5 Å². The predicted molar refractivity (Wildman–Crippen MR) is 91.4 cm³/mol. The number of anilines is 1. The number of carbonyl (C=O) groups excluding carboxylic acids is 1. The van der Waals surface area contributed by atoms with Crippen molar-refractivity contribution < 1.29 is 23.4 Å². The molecular formula is C19H20FNO4. The van der Waals surface area contributed by atoms with E-state index in [1.165, 1.54) is 24.3 Å². The lowest BCUT2D eigenvalue weighted by molar-refractivity contribution is -0.118. The van der Waals surface area contributed by atoms with Gasteiger partial charge in [-0.3, -0.25) is 4.79 Å². The monoisotopic (exact) mass is 345 g/mol. The first kappa shape index (κ1) is 17.2. The minimum Gasteiger partial charge on any atom is -0.491 e. The van der Waals surface area contributed by atoms with Crippen LogP contribution in [0, 0.1) is 5.82 Å². The fraction of sp³-hybridized carbons (Fsp3) is 0.316. The molecule has 3 rings (SSSR count). The summed E-state index contributed by atoms with van der Waals surface area (Å²) >= 11 is 0. The quantitative estimate of drug-likeness (QED) is 0.836. The summed E-state index contributed by atoms with van der Waals surface area (Å²) in [5, 5.41) is 2.74. The van der Waals surface area contributed by atoms with E-state index in [2.05, 4.69) is 5.32 Å². The van der Waals surface area contributed by atoms with Crippen LogP contribution in [-0.2, 0) is 9.53 Å². The smallest absolute Gasteiger partial charge is 0.262 e. The van der Waals surface area contributed by atoms with Gasteiger partial charge in [0.15, 0.2) is 6.61 Å². The first-order chi connectivity index (χ1) is 12.2. The highest BCUT2D eigenvalue weighted by molar-refractivity contribution is 5.92. The van der Waals surface area contributed by atoms with Crippen molar-refractivity contribution in [2.75, 3.05) is 25.1 Å². The summed E-state index contributed by atoms with van der Waals surface area (Å²) in [4.78, 5) is 12.0. The van der Waals surface area contributed by atoms with Gasteiger partial charge in [0.1, 0.15) is 23.9 Å². The van der Waals surface area contributed by atoms with Crippen LogP contribution in [0.25, 0.3) is 0 Å². The van der Waals surface area contributed by atoms with Gasteiger partial charge in [0, 0.05) is 18.4 Å². The summed E-state index contributed by atoms with van der Waals surface area (Å²) in [6.07, 6.45) is 2.22. The maximum absolute atomic E-state index is 12.8. The molecule has 1 atom stereocenters. The molecule has 1 aliphatic rings. The number of amides is 1. The molecule has 5 nitrogen and oxygen atoms in total. The molecule has 1 N–H and O–H groups in total. The van der Waals surface area contributed by atoms with Gasteiger partial charge in [0.2, 0.25) is 0 Å². The summed E-state index contributed by atoms with van der Waals surface area (Å²) in [5.41, 5.74) is 0.623. The fourth-order valence-electron chi connectivity index (χ4n) is 2.51. The molecule has 1 heterocycles. The van der Waals surface area contributed by atoms with Gasteiger partial charge in [0.25, 0.3) is 5.91 Å². The molecular weight excluding hydrogens is 325 g/mol. The van der Waals surface area contributed by atoms with E-state index in [0.29, 0.717) is 23.8 Å². The number of ether oxygens (including phenoxy) is 3. The zero-order valence-electron chi connectivity index (χ0n) is 13.7. The van der Waals surface area contributed by atoms with Crippen molar-refractivity contribution in [1.29, 1.82) is 0 Å². The highest BCUT2D eigenvalue weighted by atomic mass is 19.1. The third-order valence-corrected chi connectivity index (χ3v) is 3.76. The molecule has 0 aliphatic carbocycles. The van der Waals surface area contributed by atoms with Gasteiger partial charge in [-0.15, -0.1) is 0 Å². The van der Waals surface area contributed by atoms with Crippen LogP contribution < -0.4 is 14.8 Å². The molecule has 1 unspecified atom stereocenters. The Labute approximate surface area is 145 Å². The van der Waals surface area contributed by atoms with E-state index in [0.717, 1.165) is 19.4 Å². The second-order valence-electron chi connectivity index (χ2n) is 5.76. The van der Waals surface area contributed by atoms with E-state index >= 15 is 0 Å². The molecule has 0 radical (unpaired) electrons. The third-order valence-electron chi connectivity index (χ3n) is 3.76. The Balaban J connectivity index is 1.47. The molecule has 2 aromatic rings. The lowest BCUT2D eigenvalue weighted by Gasteiger charge is -2.13. The van der Waals surface area contributed by atoms with Crippen LogP contribution in [0.15, 0.2) is 48.5 Å². The van der Waals surface area contributed by atoms with Crippen molar-refractivity contribution >= 4 is 11.6 Å². The summed E-state index contributed by atoms with van der Waals surface area (Å²) in [6.45, 7) is 1.13. The van der Waals surface area contributed by atoms with Crippen LogP contribution in [0.1, 0.15) is 12.8 Å². The van der Waals surface area contributed by atoms with Gasteiger partial charge in [-0.25, -0.2) is 4.39 Å². The van der Waals surface area contributed by atoms with Crippen LogP contribution in [0.2, 0.25) is 0 Å². The minimum absolute atomic E-state index is 0.141. The normalized spacial score (nSPS) is 16.4. The Morgan fingerprint density at radius 3 is 2.76 bits per heavy atom. The van der Waals surface area contributed by atoms with Crippen LogP contribution in [0.5, 0.6) is 11.5 Å². The van der Waals surface area contributed by atoms with Crippen molar-refractivity contribution in [3.05, 3.63) is 54.3 Å². The molecule has 1 amide bonds. The first-order valence-corrected chi connectivity index (χ1v) is 8.22. The molecule has 0 saturated carbocycles. The van der Waals surface area contributed by atoms with Gasteiger partial charge >= 0.3 is 0 Å². The van der Waals surface area contributed by atoms with Gasteiger partial charge in [-0.2, -0.15) is 0 Å². The maximum Gasteiger partial charge on any atom is 0.262 e. The van der Waals surface area contributed by atoms with Crippen molar-refractivity contribution in [3.63, 3.8) is 0 Å². The van der Waals surface area contributed by atoms with Crippen LogP contribution in [0.3, 0.4) is 0 Å². The molecule has 1 saturated heterocycles. The average molecular weight is 345 g/mol. The Kier molecular flexibility index (Phi) is 5.85. The fourth-order valence-corrected chi connectivity index (χ4v) is 2.51. The average Bonchev–Trinajstić information content (AvgIpc) is 3.13. The van der Waals surface area contributed by atoms with E-state index in [9.17, 15) is 9.18 Å². The first-order valence-electron chi connectivity index (χ1n) is 8.22. The van der Waals surface area contributed by atoms with E-state index in [-0.39, 0.29) is 24.4 Å². The summed E-state index contributed by atoms with van der Waals surface area (Å²) < 4.78 is 29.4. The van der Waals surface area contributed by atoms with Gasteiger partial charge in [-0.05, 0) is 49.2 Å². The van der Waals surface area contributed by atoms with Crippen LogP contribution in [-0.4, -0.2) is 31.8 Å². The zero-order chi connectivity index (χ0) is 17.5. The largest absolute Gasteiger partial charge is 0.491 e. The summed E-state index contributed by atoms with van der Waals surface area (Å²) in [5.74, 6) is 0.454. The minimum atomic E-state index is -0.350. The number of nitrogens with one attached hydrogen (secondary N) is 1. The lowest BCUT2D eigenvalue weighted by atomic mass is 10.2. The standard InChI is InChI=1S/C19H20FNO4/c20-14-6-8-16(9-7-14)25-13-19(22)21-15-3-1-4-17(11-15)24-12-18-5-2-10-23-18/h1,3-4,6-9,11,18H,2,5,10,12-13H2,(H,21,22). The second kappa shape index (κ2) is 8.48. The highest BCUT2D eigenvalue weighted by Gasteiger charge is 2.16. The van der Waals surface area contributed by atoms with Gasteiger partial charge in [-0.1, -0.05) is 6.07 Å². The number of rotatable bonds is 7. The van der Waals surface area contributed by atoms with Crippen molar-refractivity contribution in [2.45, 2.75) is 18.9 Å². The summed E-state index contributed by atoms with van der Waals surface area (Å²) in [6, 6.07) is 12.7. The molecule has 0 bridgehead atoms. The molecule has 6 heteroatoms. The van der Waals surface area contributed by atoms with Crippen molar-refractivity contribution in [1.82, 2.24) is 0 Å². The molecule has 2 aromatic carbocycles. The number of benzene rings is 2. The van der Waals surface area contributed by atoms with Gasteiger partial charge < -0.3 is 19.5 Å². The van der Waals surface area contributed by atoms with E-state index in [1.54, 1.807) is 18.2 Å². The number of carbonyl (C=O) groups is 1. The zero-order valence-corrected chi connectivity index (χ0v) is 13.7. The molecule has 0 spiro atoms. The van der Waals surface area contributed by atoms with E-state index in [1.807, 2.05) is 6.07 Å². The van der Waals surface area contributed by atoms with Crippen LogP contribution in [0.4, 0.5) is 10.1 Å². The molecule has 0 aromatic heterocycles. The second-order valence-corrected chi connectivity index (χ2v) is 5.76. The number of halogens is 1. The maximum atomic E-state index is 12.8. The third kappa shape index (κ3) is 5.46. The highest BCUT2D eigenvalue weighted by Crippen LogP contribution is 2.20. The summed E-state index contributed by atoms with van der Waals surface area (Å²) in [7, 11) is 0. The molecule has 25 heavy (non-hydrogen) atoms. The lowest BCUT2D eigenvalue weighted by Crippen LogP contribution is -2.20. The Hall–Kier alpha value is -2.60. The Bertz CT molecular complexity index is 699. The number of hydrogen-bond acceptors (Lipinski definition) is 4. The molecule has 132 valence electrons. The van der Waals surface area contributed by atoms with Gasteiger partial charge in [0.05, 0.1) is 6.10 Å².